The van der Waals surface area contributed by atoms with Gasteiger partial charge in [0.05, 0.1) is 25.2 Å². The molecule has 1 saturated heterocycles. The van der Waals surface area contributed by atoms with Crippen molar-refractivity contribution in [2.75, 3.05) is 37.5 Å². The molecule has 1 aromatic heterocycles. The molecule has 1 fully saturated rings. The summed E-state index contributed by atoms with van der Waals surface area (Å²) in [5.41, 5.74) is 1.46. The Morgan fingerprint density at radius 2 is 1.79 bits per heavy atom. The number of halogens is 1. The van der Waals surface area contributed by atoms with Crippen molar-refractivity contribution >= 4 is 40.9 Å². The third-order valence-electron chi connectivity index (χ3n) is 5.34. The summed E-state index contributed by atoms with van der Waals surface area (Å²) in [4.78, 5) is 15.2. The van der Waals surface area contributed by atoms with E-state index in [-0.39, 0.29) is 5.91 Å². The van der Waals surface area contributed by atoms with Crippen LogP contribution in [0.3, 0.4) is 0 Å². The van der Waals surface area contributed by atoms with Crippen molar-refractivity contribution in [2.45, 2.75) is 30.2 Å². The van der Waals surface area contributed by atoms with E-state index >= 15 is 0 Å². The molecule has 0 spiro atoms. The van der Waals surface area contributed by atoms with E-state index in [2.05, 4.69) is 20.4 Å². The standard InChI is InChI=1S/C23H26ClN5O3S/c1-15(21(30)25-17-12-19(31-2)14-20(13-17)32-3)33-23-27-26-22(28-9-4-5-10-28)29(23)18-8-6-7-16(24)11-18/h6-8,11-15H,4-5,9-10H2,1-3H3,(H,25,30). The largest absolute Gasteiger partial charge is 0.497 e. The molecule has 2 heterocycles. The molecule has 10 heteroatoms. The maximum absolute atomic E-state index is 13.0. The van der Waals surface area contributed by atoms with Crippen LogP contribution in [0.1, 0.15) is 19.8 Å². The van der Waals surface area contributed by atoms with Crippen LogP contribution in [0.4, 0.5) is 11.6 Å². The second kappa shape index (κ2) is 10.4. The van der Waals surface area contributed by atoms with Crippen LogP contribution in [0, 0.1) is 0 Å². The lowest BCUT2D eigenvalue weighted by Crippen LogP contribution is -2.24. The molecule has 0 aliphatic carbocycles. The highest BCUT2D eigenvalue weighted by Gasteiger charge is 2.25. The first-order chi connectivity index (χ1) is 16.0. The Hall–Kier alpha value is -2.91. The first-order valence-electron chi connectivity index (χ1n) is 10.7. The van der Waals surface area contributed by atoms with Crippen molar-refractivity contribution in [2.24, 2.45) is 0 Å². The average molecular weight is 488 g/mol. The number of benzene rings is 2. The van der Waals surface area contributed by atoms with E-state index in [1.165, 1.54) is 11.8 Å². The zero-order valence-electron chi connectivity index (χ0n) is 18.7. The average Bonchev–Trinajstić information content (AvgIpc) is 3.48. The van der Waals surface area contributed by atoms with E-state index in [1.54, 1.807) is 32.4 Å². The van der Waals surface area contributed by atoms with Gasteiger partial charge in [0.25, 0.3) is 0 Å². The van der Waals surface area contributed by atoms with Crippen LogP contribution >= 0.6 is 23.4 Å². The Labute approximate surface area is 202 Å². The van der Waals surface area contributed by atoms with Crippen LogP contribution in [-0.2, 0) is 4.79 Å². The molecule has 8 nitrogen and oxygen atoms in total. The summed E-state index contributed by atoms with van der Waals surface area (Å²) in [6, 6.07) is 12.8. The molecule has 1 aliphatic rings. The number of amides is 1. The number of rotatable bonds is 8. The van der Waals surface area contributed by atoms with E-state index in [4.69, 9.17) is 21.1 Å². The molecule has 4 rings (SSSR count). The molecular formula is C23H26ClN5O3S. The summed E-state index contributed by atoms with van der Waals surface area (Å²) in [5.74, 6) is 1.79. The number of anilines is 2. The van der Waals surface area contributed by atoms with Crippen molar-refractivity contribution in [1.82, 2.24) is 14.8 Å². The molecule has 1 aliphatic heterocycles. The number of nitrogens with one attached hydrogen (secondary N) is 1. The number of carbonyl (C=O) groups excluding carboxylic acids is 1. The van der Waals surface area contributed by atoms with Gasteiger partial charge in [-0.1, -0.05) is 29.4 Å². The lowest BCUT2D eigenvalue weighted by molar-refractivity contribution is -0.115. The smallest absolute Gasteiger partial charge is 0.237 e. The molecule has 33 heavy (non-hydrogen) atoms. The van der Waals surface area contributed by atoms with Crippen molar-refractivity contribution in [3.05, 3.63) is 47.5 Å². The van der Waals surface area contributed by atoms with Gasteiger partial charge in [0.1, 0.15) is 11.5 Å². The predicted molar refractivity (Wildman–Crippen MR) is 131 cm³/mol. The quantitative estimate of drug-likeness (QED) is 0.463. The molecule has 0 radical (unpaired) electrons. The van der Waals surface area contributed by atoms with Crippen LogP contribution in [0.15, 0.2) is 47.6 Å². The summed E-state index contributed by atoms with van der Waals surface area (Å²) < 4.78 is 12.5. The Kier molecular flexibility index (Phi) is 7.29. The van der Waals surface area contributed by atoms with Gasteiger partial charge in [0.2, 0.25) is 11.9 Å². The Morgan fingerprint density at radius 1 is 1.09 bits per heavy atom. The highest BCUT2D eigenvalue weighted by Crippen LogP contribution is 2.32. The summed E-state index contributed by atoms with van der Waals surface area (Å²) >= 11 is 7.61. The third kappa shape index (κ3) is 5.36. The number of hydrogen-bond acceptors (Lipinski definition) is 7. The number of methoxy groups -OCH3 is 2. The number of aromatic nitrogens is 3. The SMILES string of the molecule is COc1cc(NC(=O)C(C)Sc2nnc(N3CCCC3)n2-c2cccc(Cl)c2)cc(OC)c1. The fraction of sp³-hybridized carbons (Fsp3) is 0.348. The van der Waals surface area contributed by atoms with E-state index in [0.29, 0.717) is 27.4 Å². The maximum atomic E-state index is 13.0. The number of hydrogen-bond donors (Lipinski definition) is 1. The van der Waals surface area contributed by atoms with Crippen LogP contribution < -0.4 is 19.7 Å². The molecule has 2 aromatic carbocycles. The lowest BCUT2D eigenvalue weighted by atomic mass is 10.2. The molecule has 0 bridgehead atoms. The van der Waals surface area contributed by atoms with Crippen molar-refractivity contribution in [3.63, 3.8) is 0 Å². The van der Waals surface area contributed by atoms with Crippen LogP contribution in [-0.4, -0.2) is 53.2 Å². The number of carbonyl (C=O) groups is 1. The van der Waals surface area contributed by atoms with Gasteiger partial charge in [-0.05, 0) is 38.0 Å². The minimum atomic E-state index is -0.434. The zero-order valence-corrected chi connectivity index (χ0v) is 20.3. The summed E-state index contributed by atoms with van der Waals surface area (Å²) in [7, 11) is 3.14. The van der Waals surface area contributed by atoms with E-state index in [9.17, 15) is 4.79 Å². The minimum Gasteiger partial charge on any atom is -0.497 e. The number of nitrogens with zero attached hydrogens (tertiary/aromatic N) is 4. The van der Waals surface area contributed by atoms with Gasteiger partial charge >= 0.3 is 0 Å². The second-order valence-electron chi connectivity index (χ2n) is 7.64. The van der Waals surface area contributed by atoms with Gasteiger partial charge in [-0.2, -0.15) is 0 Å². The van der Waals surface area contributed by atoms with E-state index < -0.39 is 5.25 Å². The van der Waals surface area contributed by atoms with Crippen molar-refractivity contribution in [3.8, 4) is 17.2 Å². The van der Waals surface area contributed by atoms with Crippen molar-refractivity contribution < 1.29 is 14.3 Å². The molecule has 1 amide bonds. The second-order valence-corrected chi connectivity index (χ2v) is 9.39. The number of ether oxygens (including phenoxy) is 2. The Balaban J connectivity index is 1.57. The van der Waals surface area contributed by atoms with Crippen molar-refractivity contribution in [1.29, 1.82) is 0 Å². The Morgan fingerprint density at radius 3 is 2.42 bits per heavy atom. The minimum absolute atomic E-state index is 0.168. The summed E-state index contributed by atoms with van der Waals surface area (Å²) in [5, 5.41) is 12.6. The summed E-state index contributed by atoms with van der Waals surface area (Å²) in [6.45, 7) is 3.69. The first kappa shape index (κ1) is 23.3. The molecular weight excluding hydrogens is 462 g/mol. The van der Waals surface area contributed by atoms with Gasteiger partial charge in [0.15, 0.2) is 5.16 Å². The number of thioether (sulfide) groups is 1. The molecule has 1 N–H and O–H groups in total. The van der Waals surface area contributed by atoms with E-state index in [1.807, 2.05) is 35.8 Å². The zero-order chi connectivity index (χ0) is 23.4. The van der Waals surface area contributed by atoms with E-state index in [0.717, 1.165) is 37.6 Å². The Bertz CT molecular complexity index is 1110. The molecule has 174 valence electrons. The molecule has 3 aromatic rings. The van der Waals surface area contributed by atoms with Gasteiger partial charge < -0.3 is 19.7 Å². The van der Waals surface area contributed by atoms with Gasteiger partial charge in [0, 0.05) is 42.0 Å². The maximum Gasteiger partial charge on any atom is 0.237 e. The topological polar surface area (TPSA) is 81.5 Å². The summed E-state index contributed by atoms with van der Waals surface area (Å²) in [6.07, 6.45) is 2.24. The predicted octanol–water partition coefficient (Wildman–Crippen LogP) is 4.66. The fourth-order valence-corrected chi connectivity index (χ4v) is 4.68. The van der Waals surface area contributed by atoms with Gasteiger partial charge in [-0.15, -0.1) is 10.2 Å². The fourth-order valence-electron chi connectivity index (χ4n) is 3.64. The van der Waals surface area contributed by atoms with Gasteiger partial charge in [-0.3, -0.25) is 9.36 Å². The van der Waals surface area contributed by atoms with Crippen LogP contribution in [0.25, 0.3) is 5.69 Å². The van der Waals surface area contributed by atoms with Gasteiger partial charge in [-0.25, -0.2) is 0 Å². The highest BCUT2D eigenvalue weighted by molar-refractivity contribution is 8.00. The van der Waals surface area contributed by atoms with Crippen LogP contribution in [0.5, 0.6) is 11.5 Å². The molecule has 1 atom stereocenters. The molecule has 1 unspecified atom stereocenters. The lowest BCUT2D eigenvalue weighted by Gasteiger charge is -2.19. The monoisotopic (exact) mass is 487 g/mol. The first-order valence-corrected chi connectivity index (χ1v) is 11.9. The third-order valence-corrected chi connectivity index (χ3v) is 6.62. The normalized spacial score (nSPS) is 14.2. The van der Waals surface area contributed by atoms with Crippen LogP contribution in [0.2, 0.25) is 5.02 Å². The molecule has 0 saturated carbocycles. The highest BCUT2D eigenvalue weighted by atomic mass is 35.5.